The molecule has 6 heteroatoms. The van der Waals surface area contributed by atoms with Crippen LogP contribution in [-0.2, 0) is 10.0 Å². The van der Waals surface area contributed by atoms with Crippen LogP contribution in [-0.4, -0.2) is 36.5 Å². The van der Waals surface area contributed by atoms with Crippen LogP contribution >= 0.6 is 11.3 Å². The number of hydrogen-bond acceptors (Lipinski definition) is 4. The molecule has 0 N–H and O–H groups in total. The zero-order valence-corrected chi connectivity index (χ0v) is 14.5. The molecule has 2 aromatic rings. The van der Waals surface area contributed by atoms with Crippen LogP contribution in [0.3, 0.4) is 0 Å². The minimum absolute atomic E-state index is 0.287. The number of aromatic nitrogens is 1. The number of nitrogens with zero attached hydrogens (tertiary/aromatic N) is 2. The summed E-state index contributed by atoms with van der Waals surface area (Å²) in [5, 5.41) is 1.16. The Hall–Kier alpha value is -0.980. The van der Waals surface area contributed by atoms with Crippen LogP contribution in [0.15, 0.2) is 24.3 Å². The van der Waals surface area contributed by atoms with Crippen molar-refractivity contribution < 1.29 is 8.42 Å². The zero-order valence-electron chi connectivity index (χ0n) is 12.9. The minimum Gasteiger partial charge on any atom is -0.241 e. The lowest BCUT2D eigenvalue weighted by molar-refractivity contribution is 0.319. The SMILES string of the molecule is CCCCS(=O)(=O)N1CCC(c2nc3ccccc3s2)CC1. The molecule has 0 bridgehead atoms. The number of para-hydroxylation sites is 1. The second-order valence-corrected chi connectivity index (χ2v) is 9.01. The van der Waals surface area contributed by atoms with E-state index in [0.717, 1.165) is 36.2 Å². The number of rotatable bonds is 5. The first-order valence-corrected chi connectivity index (χ1v) is 10.4. The van der Waals surface area contributed by atoms with Crippen molar-refractivity contribution in [3.8, 4) is 0 Å². The predicted octanol–water partition coefficient (Wildman–Crippen LogP) is 3.61. The van der Waals surface area contributed by atoms with Gasteiger partial charge in [0.05, 0.1) is 21.0 Å². The topological polar surface area (TPSA) is 50.3 Å². The van der Waals surface area contributed by atoms with Gasteiger partial charge in [-0.2, -0.15) is 0 Å². The van der Waals surface area contributed by atoms with Gasteiger partial charge in [-0.05, 0) is 31.4 Å². The van der Waals surface area contributed by atoms with E-state index in [1.165, 1.54) is 4.70 Å². The van der Waals surface area contributed by atoms with E-state index in [0.29, 0.717) is 19.0 Å². The molecule has 1 aliphatic rings. The molecule has 1 aromatic carbocycles. The van der Waals surface area contributed by atoms with Crippen LogP contribution in [0.4, 0.5) is 0 Å². The number of fused-ring (bicyclic) bond motifs is 1. The molecule has 0 aliphatic carbocycles. The van der Waals surface area contributed by atoms with E-state index in [2.05, 4.69) is 6.07 Å². The average molecular weight is 338 g/mol. The van der Waals surface area contributed by atoms with E-state index in [1.807, 2.05) is 25.1 Å². The normalized spacial score (nSPS) is 18.0. The Morgan fingerprint density at radius 1 is 1.27 bits per heavy atom. The summed E-state index contributed by atoms with van der Waals surface area (Å²) < 4.78 is 27.4. The lowest BCUT2D eigenvalue weighted by atomic mass is 9.99. The monoisotopic (exact) mass is 338 g/mol. The summed E-state index contributed by atoms with van der Waals surface area (Å²) in [5.41, 5.74) is 1.06. The van der Waals surface area contributed by atoms with Crippen LogP contribution in [0.2, 0.25) is 0 Å². The molecule has 0 radical (unpaired) electrons. The van der Waals surface area contributed by atoms with E-state index in [4.69, 9.17) is 4.98 Å². The van der Waals surface area contributed by atoms with Crippen molar-refractivity contribution in [1.82, 2.24) is 9.29 Å². The third-order valence-electron chi connectivity index (χ3n) is 4.26. The van der Waals surface area contributed by atoms with Crippen LogP contribution in [0, 0.1) is 0 Å². The lowest BCUT2D eigenvalue weighted by Crippen LogP contribution is -2.39. The van der Waals surface area contributed by atoms with Crippen molar-refractivity contribution >= 4 is 31.6 Å². The molecule has 0 atom stereocenters. The third-order valence-corrected chi connectivity index (χ3v) is 7.42. The second-order valence-electron chi connectivity index (χ2n) is 5.86. The largest absolute Gasteiger partial charge is 0.241 e. The molecule has 0 spiro atoms. The molecule has 120 valence electrons. The van der Waals surface area contributed by atoms with Gasteiger partial charge in [0, 0.05) is 19.0 Å². The standard InChI is InChI=1S/C16H22N2O2S2/c1-2-3-12-22(19,20)18-10-8-13(9-11-18)16-17-14-6-4-5-7-15(14)21-16/h4-7,13H,2-3,8-12H2,1H3. The molecule has 3 rings (SSSR count). The molecule has 1 aliphatic heterocycles. The smallest absolute Gasteiger partial charge is 0.214 e. The Bertz CT molecular complexity index is 698. The number of hydrogen-bond donors (Lipinski definition) is 0. The fraction of sp³-hybridized carbons (Fsp3) is 0.562. The molecule has 1 fully saturated rings. The number of piperidine rings is 1. The average Bonchev–Trinajstić information content (AvgIpc) is 2.97. The van der Waals surface area contributed by atoms with Crippen LogP contribution in [0.5, 0.6) is 0 Å². The molecule has 1 aromatic heterocycles. The maximum absolute atomic E-state index is 12.2. The van der Waals surface area contributed by atoms with Crippen LogP contribution in [0.1, 0.15) is 43.5 Å². The summed E-state index contributed by atoms with van der Waals surface area (Å²) >= 11 is 1.75. The maximum Gasteiger partial charge on any atom is 0.214 e. The fourth-order valence-electron chi connectivity index (χ4n) is 2.90. The van der Waals surface area contributed by atoms with Gasteiger partial charge in [0.25, 0.3) is 0 Å². The Morgan fingerprint density at radius 2 is 2.00 bits per heavy atom. The molecular formula is C16H22N2O2S2. The lowest BCUT2D eigenvalue weighted by Gasteiger charge is -2.30. The highest BCUT2D eigenvalue weighted by atomic mass is 32.2. The van der Waals surface area contributed by atoms with Crippen molar-refractivity contribution in [1.29, 1.82) is 0 Å². The molecule has 0 amide bonds. The van der Waals surface area contributed by atoms with Crippen molar-refractivity contribution in [3.05, 3.63) is 29.3 Å². The van der Waals surface area contributed by atoms with Gasteiger partial charge in [-0.15, -0.1) is 11.3 Å². The molecule has 0 unspecified atom stereocenters. The highest BCUT2D eigenvalue weighted by molar-refractivity contribution is 7.89. The number of thiazole rings is 1. The quantitative estimate of drug-likeness (QED) is 0.837. The van der Waals surface area contributed by atoms with Gasteiger partial charge in [0.1, 0.15) is 0 Å². The van der Waals surface area contributed by atoms with E-state index < -0.39 is 10.0 Å². The minimum atomic E-state index is -3.06. The fourth-order valence-corrected chi connectivity index (χ4v) is 5.72. The third kappa shape index (κ3) is 3.34. The number of sulfonamides is 1. The van der Waals surface area contributed by atoms with Crippen molar-refractivity contribution in [2.45, 2.75) is 38.5 Å². The first-order valence-electron chi connectivity index (χ1n) is 7.93. The summed E-state index contributed by atoms with van der Waals surface area (Å²) in [5.74, 6) is 0.685. The van der Waals surface area contributed by atoms with Crippen molar-refractivity contribution in [3.63, 3.8) is 0 Å². The predicted molar refractivity (Wildman–Crippen MR) is 91.9 cm³/mol. The summed E-state index contributed by atoms with van der Waals surface area (Å²) in [6, 6.07) is 8.18. The maximum atomic E-state index is 12.2. The first-order chi connectivity index (χ1) is 10.6. The van der Waals surface area contributed by atoms with Crippen molar-refractivity contribution in [2.75, 3.05) is 18.8 Å². The van der Waals surface area contributed by atoms with Gasteiger partial charge in [-0.25, -0.2) is 17.7 Å². The van der Waals surface area contributed by atoms with Crippen LogP contribution in [0.25, 0.3) is 10.2 Å². The Morgan fingerprint density at radius 3 is 2.68 bits per heavy atom. The Labute approximate surface area is 136 Å². The molecular weight excluding hydrogens is 316 g/mol. The summed E-state index contributed by atoms with van der Waals surface area (Å²) in [6.45, 7) is 3.29. The highest BCUT2D eigenvalue weighted by Gasteiger charge is 2.29. The van der Waals surface area contributed by atoms with E-state index in [9.17, 15) is 8.42 Å². The molecule has 2 heterocycles. The molecule has 1 saturated heterocycles. The van der Waals surface area contributed by atoms with Gasteiger partial charge in [-0.1, -0.05) is 25.5 Å². The van der Waals surface area contributed by atoms with Gasteiger partial charge in [0.2, 0.25) is 10.0 Å². The summed E-state index contributed by atoms with van der Waals surface area (Å²) in [4.78, 5) is 4.72. The van der Waals surface area contributed by atoms with E-state index in [-0.39, 0.29) is 5.75 Å². The zero-order chi connectivity index (χ0) is 15.6. The van der Waals surface area contributed by atoms with Crippen molar-refractivity contribution in [2.24, 2.45) is 0 Å². The Balaban J connectivity index is 1.66. The number of unbranched alkanes of at least 4 members (excludes halogenated alkanes) is 1. The molecule has 0 saturated carbocycles. The van der Waals surface area contributed by atoms with Gasteiger partial charge in [-0.3, -0.25) is 0 Å². The second kappa shape index (κ2) is 6.64. The van der Waals surface area contributed by atoms with Gasteiger partial charge < -0.3 is 0 Å². The first kappa shape index (κ1) is 15.9. The number of benzene rings is 1. The van der Waals surface area contributed by atoms with Gasteiger partial charge in [0.15, 0.2) is 0 Å². The van der Waals surface area contributed by atoms with E-state index in [1.54, 1.807) is 15.6 Å². The Kier molecular flexibility index (Phi) is 4.80. The summed E-state index contributed by atoms with van der Waals surface area (Å²) in [6.07, 6.45) is 3.43. The molecule has 22 heavy (non-hydrogen) atoms. The molecule has 4 nitrogen and oxygen atoms in total. The van der Waals surface area contributed by atoms with Gasteiger partial charge >= 0.3 is 0 Å². The van der Waals surface area contributed by atoms with Crippen LogP contribution < -0.4 is 0 Å². The highest BCUT2D eigenvalue weighted by Crippen LogP contribution is 2.34. The van der Waals surface area contributed by atoms with E-state index >= 15 is 0 Å². The summed E-state index contributed by atoms with van der Waals surface area (Å²) in [7, 11) is -3.06.